The molecular formula is C99H104BrCl3F12LiN7O19. The van der Waals surface area contributed by atoms with Gasteiger partial charge in [0.2, 0.25) is 5.91 Å². The Labute approximate surface area is 846 Å². The summed E-state index contributed by atoms with van der Waals surface area (Å²) in [6.07, 6.45) is -11.8. The van der Waals surface area contributed by atoms with Crippen molar-refractivity contribution >= 4 is 120 Å². The topological polar surface area (TPSA) is 317 Å². The van der Waals surface area contributed by atoms with Crippen molar-refractivity contribution in [1.29, 1.82) is 0 Å². The fourth-order valence-electron chi connectivity index (χ4n) is 16.4. The van der Waals surface area contributed by atoms with E-state index in [1.807, 2.05) is 6.92 Å². The molecule has 6 N–H and O–H groups in total. The van der Waals surface area contributed by atoms with Crippen LogP contribution in [0.4, 0.5) is 86.8 Å². The second-order valence-electron chi connectivity index (χ2n) is 33.6. The number of hydrogen-bond donors (Lipinski definition) is 4. The molecule has 3 unspecified atom stereocenters. The number of ether oxygens (including phenoxy) is 11. The average molecular weight is 2120 g/mol. The molecule has 6 aliphatic rings. The third-order valence-corrected chi connectivity index (χ3v) is 25.0. The zero-order valence-corrected chi connectivity index (χ0v) is 82.6. The van der Waals surface area contributed by atoms with Crippen LogP contribution in [-0.4, -0.2) is 161 Å². The number of carboxylic acids is 1. The largest absolute Gasteiger partial charge is 1.00 e. The fourth-order valence-corrected chi connectivity index (χ4v) is 17.3. The van der Waals surface area contributed by atoms with Gasteiger partial charge in [-0.25, -0.2) is 13.2 Å². The summed E-state index contributed by atoms with van der Waals surface area (Å²) >= 11 is 21.3. The van der Waals surface area contributed by atoms with Gasteiger partial charge < -0.3 is 93.8 Å². The molecule has 0 saturated heterocycles. The summed E-state index contributed by atoms with van der Waals surface area (Å²) in [5.41, 5.74) is 10.5. The first-order valence-corrected chi connectivity index (χ1v) is 46.5. The van der Waals surface area contributed by atoms with Crippen molar-refractivity contribution in [1.82, 2.24) is 4.90 Å². The van der Waals surface area contributed by atoms with Crippen molar-refractivity contribution in [2.75, 3.05) is 91.8 Å². The summed E-state index contributed by atoms with van der Waals surface area (Å²) in [4.78, 5) is 81.1. The number of nitrogens with one attached hydrogen (secondary N) is 2. The predicted molar refractivity (Wildman–Crippen MR) is 506 cm³/mol. The number of fused-ring (bicyclic) bond motifs is 3. The summed E-state index contributed by atoms with van der Waals surface area (Å²) in [7, 11) is 4.51. The molecule has 0 radical (unpaired) electrons. The molecule has 762 valence electrons. The van der Waals surface area contributed by atoms with Crippen LogP contribution in [-0.2, 0) is 57.5 Å². The number of methoxy groups -OCH3 is 3. The van der Waals surface area contributed by atoms with E-state index in [0.717, 1.165) is 42.9 Å². The van der Waals surface area contributed by atoms with Gasteiger partial charge in [0.05, 0.1) is 69.4 Å². The number of benzene rings is 9. The third kappa shape index (κ3) is 31.2. The minimum absolute atomic E-state index is 0. The predicted octanol–water partition coefficient (Wildman–Crippen LogP) is 19.6. The van der Waals surface area contributed by atoms with Gasteiger partial charge in [0.25, 0.3) is 11.8 Å². The number of carbonyl (C=O) groups is 6. The normalized spacial score (nSPS) is 17.4. The first kappa shape index (κ1) is 114. The molecule has 9 aromatic carbocycles. The molecule has 3 amide bonds. The number of esters is 2. The zero-order chi connectivity index (χ0) is 102. The zero-order valence-electron chi connectivity index (χ0n) is 78.8. The fraction of sp³-hybridized carbons (Fsp3) is 0.394. The van der Waals surface area contributed by atoms with Gasteiger partial charge in [-0.1, -0.05) is 94.1 Å². The van der Waals surface area contributed by atoms with Crippen molar-refractivity contribution in [3.63, 3.8) is 0 Å². The standard InChI is InChI=1S/C31H29ClF4N2O6.C29H25ClF4N2O6.C17H11BrClF4NO2.C14H19NO4.C8H19N.Li.H2O/c1-3-42-30(40)19-10-23(11-19)43-24-14-21(13-22(15-24)41-2)37-28(17-4-6-20(32)7-5-17)29(39)38-9-8-18-12-25(33)27(16-26(18)38)44-31(34,35)36;1-40-20-11-19(12-22(13-20)41-21-8-17(9-21)28(38)39)35-26(15-2-4-18(30)5-3-15)27(37)36-7-6-16-10-23(31)25(14-24(16)36)42-29(32,33)34;18-15(9-1-3-11(19)4-2-9)16(25)24-6-5-10-7-12(20)14(8-13(10)24)26-17(21,22)23;1-3-18-14(16)9-4-12(5-9)19-13-7-10(15)6-11(8-13)17-2;1-6-9(7(2)3)8(4)5;;/h4-7,12-16,19,23,28,37H,3,8-11H2,1-2H3;2-5,10-14,17,21,26,35H,6-9H2,1H3,(H,38,39);1-4,7-8,15H,5-6H2;6-9,12H,3-5,15H2,1-2H3;7-8H,6H2,1-5H3;;1H2/q;;;;;+1;/p-1. The van der Waals surface area contributed by atoms with Gasteiger partial charge in [-0.2, -0.15) is 0 Å². The van der Waals surface area contributed by atoms with Crippen molar-refractivity contribution in [2.45, 2.75) is 173 Å². The maximum Gasteiger partial charge on any atom is 1.00 e. The Morgan fingerprint density at radius 3 is 1.02 bits per heavy atom. The molecule has 142 heavy (non-hydrogen) atoms. The maximum atomic E-state index is 14.4. The summed E-state index contributed by atoms with van der Waals surface area (Å²) in [5.74, 6) is -6.89. The monoisotopic (exact) mass is 2110 g/mol. The minimum Gasteiger partial charge on any atom is -0.870 e. The van der Waals surface area contributed by atoms with Crippen LogP contribution in [0.3, 0.4) is 0 Å². The second-order valence-corrected chi connectivity index (χ2v) is 35.8. The first-order valence-electron chi connectivity index (χ1n) is 44.5. The van der Waals surface area contributed by atoms with Gasteiger partial charge in [0, 0.05) is 137 Å². The molecule has 43 heteroatoms. The first-order chi connectivity index (χ1) is 66.2. The van der Waals surface area contributed by atoms with Crippen LogP contribution in [0.25, 0.3) is 0 Å². The number of carbonyl (C=O) groups excluding carboxylic acids is 5. The van der Waals surface area contributed by atoms with Crippen molar-refractivity contribution in [3.8, 4) is 51.7 Å². The summed E-state index contributed by atoms with van der Waals surface area (Å²) in [5, 5.41) is 16.9. The van der Waals surface area contributed by atoms with E-state index in [0.29, 0.717) is 170 Å². The van der Waals surface area contributed by atoms with E-state index in [4.69, 9.17) is 83.5 Å². The Hall–Kier alpha value is -11.6. The number of carboxylic acid groups (broad SMARTS) is 1. The van der Waals surface area contributed by atoms with Crippen molar-refractivity contribution < 1.29 is 163 Å². The number of halogens is 16. The van der Waals surface area contributed by atoms with E-state index in [2.05, 4.69) is 80.3 Å². The van der Waals surface area contributed by atoms with Crippen LogP contribution in [0.2, 0.25) is 15.1 Å². The molecule has 3 saturated carbocycles. The number of alkyl halides is 10. The number of anilines is 6. The Bertz CT molecular complexity index is 5830. The van der Waals surface area contributed by atoms with E-state index in [1.54, 1.807) is 141 Å². The Morgan fingerprint density at radius 2 is 0.732 bits per heavy atom. The quantitative estimate of drug-likeness (QED) is 0.0107. The van der Waals surface area contributed by atoms with Crippen LogP contribution in [0.1, 0.15) is 137 Å². The Balaban J connectivity index is 0.000000212. The third-order valence-electron chi connectivity index (χ3n) is 23.3. The van der Waals surface area contributed by atoms with Gasteiger partial charge in [-0.05, 0) is 194 Å². The molecule has 15 rings (SSSR count). The molecule has 0 bridgehead atoms. The van der Waals surface area contributed by atoms with Gasteiger partial charge in [-0.3, -0.25) is 33.7 Å². The van der Waals surface area contributed by atoms with Gasteiger partial charge in [0.15, 0.2) is 34.7 Å². The molecule has 3 heterocycles. The number of nitrogen functional groups attached to an aromatic ring is 1. The minimum atomic E-state index is -5.12. The van der Waals surface area contributed by atoms with E-state index in [-0.39, 0.29) is 122 Å². The second kappa shape index (κ2) is 50.6. The number of nitrogens with zero attached hydrogens (tertiary/aromatic N) is 4. The van der Waals surface area contributed by atoms with Crippen LogP contribution in [0, 0.1) is 35.2 Å². The van der Waals surface area contributed by atoms with E-state index in [1.165, 1.54) is 28.9 Å². The number of rotatable bonds is 30. The summed E-state index contributed by atoms with van der Waals surface area (Å²) in [6.45, 7) is 17.1. The molecule has 26 nitrogen and oxygen atoms in total. The average Bonchev–Trinajstić information content (AvgIpc) is 1.65. The SMILES string of the molecule is CCN(C(C)C)C(C)C.CCOC(=O)C1CC(Oc2cc(N)cc(OC)c2)C1.CCOC(=O)C1CC(Oc2cc(NC(C(=O)N3CCc4cc(F)c(OC(F)(F)F)cc43)c3ccc(Cl)cc3)cc(OC)c2)C1.COc1cc(NC(C(=O)N2CCc3cc(F)c(OC(F)(F)F)cc32)c2ccc(Cl)cc2)cc(OC2CC(C(=O)O)C2)c1.O=C(C(Br)c1ccc(Cl)cc1)N1CCc2cc(F)c(OC(F)(F)F)cc21.[Li+].[OH-]. The summed E-state index contributed by atoms with van der Waals surface area (Å²) < 4.78 is 212. The molecular weight excluding hydrogens is 2010 g/mol. The van der Waals surface area contributed by atoms with E-state index < -0.39 is 94.4 Å². The van der Waals surface area contributed by atoms with E-state index in [9.17, 15) is 81.5 Å². The van der Waals surface area contributed by atoms with Crippen LogP contribution >= 0.6 is 50.7 Å². The van der Waals surface area contributed by atoms with Gasteiger partial charge >= 0.3 is 55.9 Å². The smallest absolute Gasteiger partial charge is 0.870 e. The molecule has 3 aliphatic carbocycles. The van der Waals surface area contributed by atoms with Crippen LogP contribution in [0.15, 0.2) is 164 Å². The number of amides is 3. The van der Waals surface area contributed by atoms with Gasteiger partial charge in [0.1, 0.15) is 69.7 Å². The number of nitrogens with two attached hydrogens (primary N) is 1. The molecule has 0 aromatic heterocycles. The maximum absolute atomic E-state index is 14.4. The molecule has 3 atom stereocenters. The Morgan fingerprint density at radius 1 is 0.444 bits per heavy atom. The summed E-state index contributed by atoms with van der Waals surface area (Å²) in [6, 6.07) is 39.6. The molecule has 0 spiro atoms. The molecule has 9 aromatic rings. The molecule has 3 aliphatic heterocycles. The van der Waals surface area contributed by atoms with Crippen LogP contribution in [0.5, 0.6) is 51.7 Å². The number of hydrogen-bond acceptors (Lipinski definition) is 22. The molecule has 3 fully saturated rings. The van der Waals surface area contributed by atoms with Gasteiger partial charge in [-0.15, -0.1) is 39.5 Å². The van der Waals surface area contributed by atoms with Crippen LogP contribution < -0.4 is 92.6 Å². The number of aliphatic carboxylic acids is 1. The Kier molecular flexibility index (Phi) is 40.6. The van der Waals surface area contributed by atoms with Crippen molar-refractivity contribution in [2.24, 2.45) is 17.8 Å². The van der Waals surface area contributed by atoms with Crippen molar-refractivity contribution in [3.05, 3.63) is 230 Å². The van der Waals surface area contributed by atoms with E-state index >= 15 is 0 Å².